The summed E-state index contributed by atoms with van der Waals surface area (Å²) in [5, 5.41) is 0. The van der Waals surface area contributed by atoms with Crippen LogP contribution in [0, 0.1) is 11.6 Å². The highest BCUT2D eigenvalue weighted by atomic mass is 19.1. The standard InChI is InChI=1S/C10H11F2N/c1-2-8-9(11)5-7(3-4-13)6-10(8)12/h2,5-6H,1,3-4,13H2. The lowest BCUT2D eigenvalue weighted by atomic mass is 10.1. The van der Waals surface area contributed by atoms with E-state index in [0.717, 1.165) is 6.08 Å². The monoisotopic (exact) mass is 183 g/mol. The van der Waals surface area contributed by atoms with E-state index in [9.17, 15) is 8.78 Å². The van der Waals surface area contributed by atoms with Gasteiger partial charge in [-0.3, -0.25) is 0 Å². The van der Waals surface area contributed by atoms with Crippen LogP contribution < -0.4 is 5.73 Å². The average Bonchev–Trinajstić information content (AvgIpc) is 2.04. The zero-order chi connectivity index (χ0) is 9.84. The van der Waals surface area contributed by atoms with Gasteiger partial charge in [-0.2, -0.15) is 0 Å². The second-order valence-electron chi connectivity index (χ2n) is 2.72. The summed E-state index contributed by atoms with van der Waals surface area (Å²) in [4.78, 5) is 0. The maximum absolute atomic E-state index is 13.1. The molecule has 3 heteroatoms. The minimum atomic E-state index is -0.585. The van der Waals surface area contributed by atoms with Gasteiger partial charge in [-0.1, -0.05) is 12.7 Å². The first-order valence-corrected chi connectivity index (χ1v) is 3.99. The van der Waals surface area contributed by atoms with Gasteiger partial charge in [0.05, 0.1) is 0 Å². The van der Waals surface area contributed by atoms with Crippen LogP contribution >= 0.6 is 0 Å². The Morgan fingerprint density at radius 3 is 2.23 bits per heavy atom. The van der Waals surface area contributed by atoms with Gasteiger partial charge in [0.15, 0.2) is 0 Å². The molecule has 13 heavy (non-hydrogen) atoms. The van der Waals surface area contributed by atoms with Crippen molar-refractivity contribution in [1.29, 1.82) is 0 Å². The molecule has 0 atom stereocenters. The summed E-state index contributed by atoms with van der Waals surface area (Å²) < 4.78 is 26.2. The molecule has 0 unspecified atom stereocenters. The van der Waals surface area contributed by atoms with Crippen LogP contribution in [-0.4, -0.2) is 6.54 Å². The maximum atomic E-state index is 13.1. The molecule has 0 aliphatic rings. The lowest BCUT2D eigenvalue weighted by molar-refractivity contribution is 0.575. The Bertz CT molecular complexity index is 298. The smallest absolute Gasteiger partial charge is 0.133 e. The van der Waals surface area contributed by atoms with Gasteiger partial charge in [-0.25, -0.2) is 8.78 Å². The molecule has 1 rings (SSSR count). The Kier molecular flexibility index (Phi) is 3.14. The van der Waals surface area contributed by atoms with E-state index >= 15 is 0 Å². The van der Waals surface area contributed by atoms with Crippen LogP contribution in [0.4, 0.5) is 8.78 Å². The Morgan fingerprint density at radius 1 is 1.31 bits per heavy atom. The molecule has 0 saturated heterocycles. The van der Waals surface area contributed by atoms with Crippen molar-refractivity contribution in [2.75, 3.05) is 6.54 Å². The van der Waals surface area contributed by atoms with E-state index in [1.807, 2.05) is 0 Å². The van der Waals surface area contributed by atoms with Crippen LogP contribution in [0.5, 0.6) is 0 Å². The van der Waals surface area contributed by atoms with Crippen molar-refractivity contribution in [1.82, 2.24) is 0 Å². The van der Waals surface area contributed by atoms with E-state index in [1.54, 1.807) is 0 Å². The molecule has 0 amide bonds. The van der Waals surface area contributed by atoms with Gasteiger partial charge in [0.25, 0.3) is 0 Å². The molecule has 0 saturated carbocycles. The average molecular weight is 183 g/mol. The highest BCUT2D eigenvalue weighted by Crippen LogP contribution is 2.16. The molecule has 2 N–H and O–H groups in total. The zero-order valence-corrected chi connectivity index (χ0v) is 7.19. The third kappa shape index (κ3) is 2.12. The third-order valence-electron chi connectivity index (χ3n) is 1.78. The number of rotatable bonds is 3. The van der Waals surface area contributed by atoms with Crippen molar-refractivity contribution < 1.29 is 8.78 Å². The number of benzene rings is 1. The van der Waals surface area contributed by atoms with Crippen molar-refractivity contribution in [2.24, 2.45) is 5.73 Å². The highest BCUT2D eigenvalue weighted by molar-refractivity contribution is 5.49. The molecule has 70 valence electrons. The molecular formula is C10H11F2N. The molecule has 0 aromatic heterocycles. The van der Waals surface area contributed by atoms with Gasteiger partial charge in [-0.15, -0.1) is 0 Å². The van der Waals surface area contributed by atoms with E-state index in [0.29, 0.717) is 18.5 Å². The third-order valence-corrected chi connectivity index (χ3v) is 1.78. The molecule has 1 aromatic rings. The highest BCUT2D eigenvalue weighted by Gasteiger charge is 2.07. The summed E-state index contributed by atoms with van der Waals surface area (Å²) in [6, 6.07) is 2.57. The lowest BCUT2D eigenvalue weighted by Gasteiger charge is -2.03. The second-order valence-corrected chi connectivity index (χ2v) is 2.72. The summed E-state index contributed by atoms with van der Waals surface area (Å²) in [6.45, 7) is 3.70. The Labute approximate surface area is 75.9 Å². The van der Waals surface area contributed by atoms with Crippen LogP contribution in [0.2, 0.25) is 0 Å². The van der Waals surface area contributed by atoms with Crippen LogP contribution in [0.25, 0.3) is 6.08 Å². The van der Waals surface area contributed by atoms with Gasteiger partial charge in [-0.05, 0) is 30.7 Å². The molecule has 1 nitrogen and oxygen atoms in total. The number of nitrogens with two attached hydrogens (primary N) is 1. The van der Waals surface area contributed by atoms with Gasteiger partial charge >= 0.3 is 0 Å². The minimum absolute atomic E-state index is 0.0826. The van der Waals surface area contributed by atoms with Gasteiger partial charge in [0.2, 0.25) is 0 Å². The van der Waals surface area contributed by atoms with Crippen LogP contribution in [0.1, 0.15) is 11.1 Å². The summed E-state index contributed by atoms with van der Waals surface area (Å²) in [5.74, 6) is -1.17. The van der Waals surface area contributed by atoms with Gasteiger partial charge < -0.3 is 5.73 Å². The first-order valence-electron chi connectivity index (χ1n) is 3.99. The van der Waals surface area contributed by atoms with Gasteiger partial charge in [0.1, 0.15) is 11.6 Å². The fourth-order valence-corrected chi connectivity index (χ4v) is 1.14. The molecule has 0 radical (unpaired) electrons. The fraction of sp³-hybridized carbons (Fsp3) is 0.200. The van der Waals surface area contributed by atoms with E-state index in [-0.39, 0.29) is 5.56 Å². The largest absolute Gasteiger partial charge is 0.330 e. The Hall–Kier alpha value is -1.22. The topological polar surface area (TPSA) is 26.0 Å². The Morgan fingerprint density at radius 2 is 1.85 bits per heavy atom. The molecule has 0 bridgehead atoms. The molecular weight excluding hydrogens is 172 g/mol. The van der Waals surface area contributed by atoms with Crippen molar-refractivity contribution in [2.45, 2.75) is 6.42 Å². The molecule has 0 fully saturated rings. The second kappa shape index (κ2) is 4.14. The molecule has 0 spiro atoms. The quantitative estimate of drug-likeness (QED) is 0.763. The normalized spacial score (nSPS) is 10.1. The van der Waals surface area contributed by atoms with Gasteiger partial charge in [0, 0.05) is 5.56 Å². The first-order chi connectivity index (χ1) is 6.19. The lowest BCUT2D eigenvalue weighted by Crippen LogP contribution is -2.04. The summed E-state index contributed by atoms with van der Waals surface area (Å²) in [5.41, 5.74) is 5.76. The molecule has 0 heterocycles. The number of hydrogen-bond acceptors (Lipinski definition) is 1. The summed E-state index contributed by atoms with van der Waals surface area (Å²) in [7, 11) is 0. The SMILES string of the molecule is C=Cc1c(F)cc(CCN)cc1F. The maximum Gasteiger partial charge on any atom is 0.133 e. The summed E-state index contributed by atoms with van der Waals surface area (Å²) in [6.07, 6.45) is 1.64. The van der Waals surface area contributed by atoms with Crippen molar-refractivity contribution >= 4 is 6.08 Å². The van der Waals surface area contributed by atoms with E-state index in [2.05, 4.69) is 6.58 Å². The van der Waals surface area contributed by atoms with Crippen LogP contribution in [-0.2, 0) is 6.42 Å². The minimum Gasteiger partial charge on any atom is -0.330 e. The van der Waals surface area contributed by atoms with E-state index < -0.39 is 11.6 Å². The van der Waals surface area contributed by atoms with E-state index in [1.165, 1.54) is 12.1 Å². The number of halogens is 2. The predicted molar refractivity (Wildman–Crippen MR) is 49.2 cm³/mol. The van der Waals surface area contributed by atoms with Crippen molar-refractivity contribution in [3.05, 3.63) is 41.5 Å². The molecule has 1 aromatic carbocycles. The van der Waals surface area contributed by atoms with Crippen molar-refractivity contribution in [3.8, 4) is 0 Å². The fourth-order valence-electron chi connectivity index (χ4n) is 1.14. The Balaban J connectivity index is 3.12. The van der Waals surface area contributed by atoms with Crippen LogP contribution in [0.3, 0.4) is 0 Å². The first kappa shape index (κ1) is 9.86. The summed E-state index contributed by atoms with van der Waals surface area (Å²) >= 11 is 0. The van der Waals surface area contributed by atoms with Crippen molar-refractivity contribution in [3.63, 3.8) is 0 Å². The van der Waals surface area contributed by atoms with Crippen LogP contribution in [0.15, 0.2) is 18.7 Å². The predicted octanol–water partition coefficient (Wildman–Crippen LogP) is 2.11. The van der Waals surface area contributed by atoms with E-state index in [4.69, 9.17) is 5.73 Å². The molecule has 0 aliphatic heterocycles. The molecule has 0 aliphatic carbocycles. The zero-order valence-electron chi connectivity index (χ0n) is 7.19. The number of hydrogen-bond donors (Lipinski definition) is 1.